The van der Waals surface area contributed by atoms with Gasteiger partial charge in [0.05, 0.1) is 11.0 Å². The van der Waals surface area contributed by atoms with Gasteiger partial charge >= 0.3 is 5.69 Å². The van der Waals surface area contributed by atoms with E-state index in [9.17, 15) is 4.79 Å². The number of imidazole rings is 1. The summed E-state index contributed by atoms with van der Waals surface area (Å²) < 4.78 is 3.39. The largest absolute Gasteiger partial charge is 0.328 e. The smallest absolute Gasteiger partial charge is 0.295 e. The lowest BCUT2D eigenvalue weighted by Crippen LogP contribution is -2.19. The molecule has 2 rings (SSSR count). The van der Waals surface area contributed by atoms with Crippen LogP contribution in [0.1, 0.15) is 11.1 Å². The Labute approximate surface area is 82.6 Å². The summed E-state index contributed by atoms with van der Waals surface area (Å²) in [7, 11) is 3.62. The Hall–Kier alpha value is -1.51. The van der Waals surface area contributed by atoms with Crippen molar-refractivity contribution in [2.75, 3.05) is 0 Å². The standard InChI is InChI=1S/C11H14N2O/c1-7-5-8(2)10-9(6-7)12(3)11(14)13(10)4/h5-6H,1-4H3. The third-order valence-electron chi connectivity index (χ3n) is 2.70. The van der Waals surface area contributed by atoms with E-state index in [2.05, 4.69) is 6.07 Å². The van der Waals surface area contributed by atoms with Gasteiger partial charge in [-0.3, -0.25) is 9.13 Å². The monoisotopic (exact) mass is 190 g/mol. The highest BCUT2D eigenvalue weighted by atomic mass is 16.1. The Kier molecular flexibility index (Phi) is 1.77. The van der Waals surface area contributed by atoms with Crippen molar-refractivity contribution in [3.63, 3.8) is 0 Å². The summed E-state index contributed by atoms with van der Waals surface area (Å²) >= 11 is 0. The van der Waals surface area contributed by atoms with Crippen molar-refractivity contribution in [2.24, 2.45) is 14.1 Å². The molecule has 0 unspecified atom stereocenters. The number of hydrogen-bond acceptors (Lipinski definition) is 1. The van der Waals surface area contributed by atoms with Crippen molar-refractivity contribution in [2.45, 2.75) is 13.8 Å². The van der Waals surface area contributed by atoms with Crippen LogP contribution in [-0.4, -0.2) is 9.13 Å². The van der Waals surface area contributed by atoms with Crippen LogP contribution in [-0.2, 0) is 14.1 Å². The second kappa shape index (κ2) is 2.74. The molecule has 0 radical (unpaired) electrons. The molecule has 0 saturated carbocycles. The molecule has 0 aliphatic carbocycles. The molecular formula is C11H14N2O. The van der Waals surface area contributed by atoms with Gasteiger partial charge < -0.3 is 0 Å². The summed E-state index contributed by atoms with van der Waals surface area (Å²) in [4.78, 5) is 11.7. The first kappa shape index (κ1) is 9.06. The Morgan fingerprint density at radius 1 is 1.07 bits per heavy atom. The molecule has 1 aromatic carbocycles. The summed E-state index contributed by atoms with van der Waals surface area (Å²) in [6.07, 6.45) is 0. The van der Waals surface area contributed by atoms with Crippen LogP contribution >= 0.6 is 0 Å². The van der Waals surface area contributed by atoms with Crippen LogP contribution in [0.4, 0.5) is 0 Å². The minimum absolute atomic E-state index is 0.0358. The lowest BCUT2D eigenvalue weighted by Gasteiger charge is -2.01. The number of hydrogen-bond donors (Lipinski definition) is 0. The zero-order valence-electron chi connectivity index (χ0n) is 8.96. The van der Waals surface area contributed by atoms with Gasteiger partial charge in [0, 0.05) is 14.1 Å². The minimum atomic E-state index is 0.0358. The van der Waals surface area contributed by atoms with E-state index in [0.29, 0.717) is 0 Å². The Morgan fingerprint density at radius 2 is 1.71 bits per heavy atom. The van der Waals surface area contributed by atoms with E-state index in [1.807, 2.05) is 34.0 Å². The molecule has 2 aromatic rings. The summed E-state index contributed by atoms with van der Waals surface area (Å²) in [5.41, 5.74) is 4.42. The summed E-state index contributed by atoms with van der Waals surface area (Å²) in [5.74, 6) is 0. The number of benzene rings is 1. The molecule has 74 valence electrons. The van der Waals surface area contributed by atoms with Crippen LogP contribution in [0.25, 0.3) is 11.0 Å². The van der Waals surface area contributed by atoms with E-state index in [1.165, 1.54) is 5.56 Å². The fourth-order valence-corrected chi connectivity index (χ4v) is 2.05. The molecule has 3 heteroatoms. The molecule has 3 nitrogen and oxygen atoms in total. The molecule has 0 bridgehead atoms. The molecule has 0 aliphatic heterocycles. The van der Waals surface area contributed by atoms with Crippen LogP contribution in [0, 0.1) is 13.8 Å². The van der Waals surface area contributed by atoms with Crippen molar-refractivity contribution in [1.29, 1.82) is 0 Å². The fraction of sp³-hybridized carbons (Fsp3) is 0.364. The normalized spacial score (nSPS) is 11.1. The molecular weight excluding hydrogens is 176 g/mol. The third kappa shape index (κ3) is 1.02. The molecule has 0 spiro atoms. The van der Waals surface area contributed by atoms with Crippen molar-refractivity contribution in [3.05, 3.63) is 33.7 Å². The number of fused-ring (bicyclic) bond motifs is 1. The second-order valence-electron chi connectivity index (χ2n) is 3.85. The SMILES string of the molecule is Cc1cc(C)c2c(c1)n(C)c(=O)n2C. The molecule has 0 N–H and O–H groups in total. The lowest BCUT2D eigenvalue weighted by molar-refractivity contribution is 0.794. The predicted molar refractivity (Wildman–Crippen MR) is 57.6 cm³/mol. The Morgan fingerprint density at radius 3 is 2.36 bits per heavy atom. The highest BCUT2D eigenvalue weighted by molar-refractivity contribution is 5.80. The van der Waals surface area contributed by atoms with Gasteiger partial charge in [-0.1, -0.05) is 6.07 Å². The average molecular weight is 190 g/mol. The maximum Gasteiger partial charge on any atom is 0.328 e. The number of aromatic nitrogens is 2. The molecule has 0 fully saturated rings. The van der Waals surface area contributed by atoms with Gasteiger partial charge in [0.15, 0.2) is 0 Å². The molecule has 0 saturated heterocycles. The van der Waals surface area contributed by atoms with Crippen LogP contribution in [0.5, 0.6) is 0 Å². The Balaban J connectivity index is 3.10. The molecule has 0 aliphatic rings. The Bertz CT molecular complexity index is 561. The summed E-state index contributed by atoms with van der Waals surface area (Å²) in [6, 6.07) is 4.14. The van der Waals surface area contributed by atoms with E-state index in [1.54, 1.807) is 9.13 Å². The third-order valence-corrected chi connectivity index (χ3v) is 2.70. The molecule has 1 heterocycles. The van der Waals surface area contributed by atoms with Crippen molar-refractivity contribution >= 4 is 11.0 Å². The van der Waals surface area contributed by atoms with Crippen molar-refractivity contribution < 1.29 is 0 Å². The molecule has 1 aromatic heterocycles. The molecule has 0 amide bonds. The highest BCUT2D eigenvalue weighted by Crippen LogP contribution is 2.18. The van der Waals surface area contributed by atoms with Gasteiger partial charge in [-0.25, -0.2) is 4.79 Å². The van der Waals surface area contributed by atoms with Crippen molar-refractivity contribution in [1.82, 2.24) is 9.13 Å². The van der Waals surface area contributed by atoms with Gasteiger partial charge in [0.1, 0.15) is 0 Å². The van der Waals surface area contributed by atoms with Gasteiger partial charge in [-0.15, -0.1) is 0 Å². The first-order valence-electron chi connectivity index (χ1n) is 4.65. The first-order chi connectivity index (χ1) is 6.52. The predicted octanol–water partition coefficient (Wildman–Crippen LogP) is 1.49. The number of aryl methyl sites for hydroxylation is 4. The van der Waals surface area contributed by atoms with E-state index in [-0.39, 0.29) is 5.69 Å². The molecule has 0 atom stereocenters. The zero-order valence-corrected chi connectivity index (χ0v) is 8.96. The number of rotatable bonds is 0. The van der Waals surface area contributed by atoms with Gasteiger partial charge in [-0.05, 0) is 31.0 Å². The fourth-order valence-electron chi connectivity index (χ4n) is 2.05. The maximum atomic E-state index is 11.7. The summed E-state index contributed by atoms with van der Waals surface area (Å²) in [5, 5.41) is 0. The topological polar surface area (TPSA) is 26.9 Å². The van der Waals surface area contributed by atoms with Gasteiger partial charge in [0.25, 0.3) is 0 Å². The quantitative estimate of drug-likeness (QED) is 0.618. The van der Waals surface area contributed by atoms with E-state index >= 15 is 0 Å². The highest BCUT2D eigenvalue weighted by Gasteiger charge is 2.09. The lowest BCUT2D eigenvalue weighted by atomic mass is 10.1. The first-order valence-corrected chi connectivity index (χ1v) is 4.65. The second-order valence-corrected chi connectivity index (χ2v) is 3.85. The van der Waals surface area contributed by atoms with Gasteiger partial charge in [-0.2, -0.15) is 0 Å². The zero-order chi connectivity index (χ0) is 10.5. The van der Waals surface area contributed by atoms with Crippen LogP contribution in [0.3, 0.4) is 0 Å². The van der Waals surface area contributed by atoms with E-state index in [4.69, 9.17) is 0 Å². The minimum Gasteiger partial charge on any atom is -0.295 e. The maximum absolute atomic E-state index is 11.7. The van der Waals surface area contributed by atoms with Crippen LogP contribution in [0.2, 0.25) is 0 Å². The summed E-state index contributed by atoms with van der Waals surface area (Å²) in [6.45, 7) is 4.08. The number of nitrogens with zero attached hydrogens (tertiary/aromatic N) is 2. The van der Waals surface area contributed by atoms with E-state index in [0.717, 1.165) is 16.6 Å². The molecule has 14 heavy (non-hydrogen) atoms. The van der Waals surface area contributed by atoms with Crippen LogP contribution < -0.4 is 5.69 Å². The van der Waals surface area contributed by atoms with E-state index < -0.39 is 0 Å². The van der Waals surface area contributed by atoms with Gasteiger partial charge in [0.2, 0.25) is 0 Å². The van der Waals surface area contributed by atoms with Crippen LogP contribution in [0.15, 0.2) is 16.9 Å². The van der Waals surface area contributed by atoms with Crippen molar-refractivity contribution in [3.8, 4) is 0 Å². The average Bonchev–Trinajstić information content (AvgIpc) is 2.31.